The summed E-state index contributed by atoms with van der Waals surface area (Å²) in [5.74, 6) is -1.18. The molecule has 1 aromatic heterocycles. The molecule has 1 aromatic rings. The van der Waals surface area contributed by atoms with Gasteiger partial charge in [-0.25, -0.2) is 4.79 Å². The lowest BCUT2D eigenvalue weighted by molar-refractivity contribution is -0.130. The Morgan fingerprint density at radius 2 is 1.86 bits per heavy atom. The number of hydrogen-bond donors (Lipinski definition) is 1. The van der Waals surface area contributed by atoms with Gasteiger partial charge in [-0.2, -0.15) is 8.78 Å². The van der Waals surface area contributed by atoms with Crippen molar-refractivity contribution in [2.45, 2.75) is 33.7 Å². The van der Waals surface area contributed by atoms with Crippen LogP contribution < -0.4 is 0 Å². The number of rotatable bonds is 1. The zero-order valence-electron chi connectivity index (χ0n) is 12.2. The molecule has 0 atom stereocenters. The molecule has 0 aromatic carbocycles. The number of nitrogens with zero attached hydrogens (tertiary/aromatic N) is 1. The lowest BCUT2D eigenvalue weighted by Crippen LogP contribution is -2.34. The first-order valence-electron chi connectivity index (χ1n) is 6.63. The van der Waals surface area contributed by atoms with Gasteiger partial charge in [0.05, 0.1) is 16.8 Å². The highest BCUT2D eigenvalue weighted by molar-refractivity contribution is 6.19. The van der Waals surface area contributed by atoms with Gasteiger partial charge in [-0.1, -0.05) is 6.08 Å². The van der Waals surface area contributed by atoms with Crippen LogP contribution in [-0.2, 0) is 10.8 Å². The fourth-order valence-electron chi connectivity index (χ4n) is 3.48. The average molecular weight is 291 g/mol. The Hall–Kier alpha value is -2.17. The highest BCUT2D eigenvalue weighted by atomic mass is 19.3. The Kier molecular flexibility index (Phi) is 2.58. The standard InChI is InChI=1S/C16H15F2NO2/c1-7-5-8(2)13-11(7)12(15(20)21)14-9(3)6-10(4)19(14)16(13,17)18/h5-6H,1-4H3,(H,20,21). The van der Waals surface area contributed by atoms with Crippen molar-refractivity contribution in [1.82, 2.24) is 4.57 Å². The van der Waals surface area contributed by atoms with Crippen molar-refractivity contribution in [3.05, 3.63) is 51.4 Å². The fraction of sp³-hybridized carbons (Fsp3) is 0.312. The summed E-state index contributed by atoms with van der Waals surface area (Å²) in [6, 6.07) is -1.64. The summed E-state index contributed by atoms with van der Waals surface area (Å²) in [5.41, 5.74) is 1.94. The minimum absolute atomic E-state index is 0.0351. The number of aryl methyl sites for hydroxylation is 2. The van der Waals surface area contributed by atoms with Gasteiger partial charge in [-0.15, -0.1) is 0 Å². The number of aromatic nitrogens is 1. The monoisotopic (exact) mass is 291 g/mol. The third kappa shape index (κ3) is 1.54. The van der Waals surface area contributed by atoms with Crippen LogP contribution >= 0.6 is 0 Å². The first kappa shape index (κ1) is 13.8. The maximum absolute atomic E-state index is 14.9. The van der Waals surface area contributed by atoms with Gasteiger partial charge in [-0.3, -0.25) is 4.57 Å². The number of carboxylic acid groups (broad SMARTS) is 1. The number of carbonyl (C=O) groups is 1. The number of allylic oxidation sites excluding steroid dienone is 5. The van der Waals surface area contributed by atoms with Gasteiger partial charge < -0.3 is 5.11 Å². The maximum Gasteiger partial charge on any atom is 0.357 e. The zero-order chi connectivity index (χ0) is 15.7. The number of carboxylic acids is 1. The molecule has 21 heavy (non-hydrogen) atoms. The van der Waals surface area contributed by atoms with Crippen LogP contribution in [0.5, 0.6) is 0 Å². The van der Waals surface area contributed by atoms with Crippen LogP contribution in [0, 0.1) is 13.8 Å². The normalized spacial score (nSPS) is 19.6. The van der Waals surface area contributed by atoms with Crippen LogP contribution in [0.2, 0.25) is 0 Å². The highest BCUT2D eigenvalue weighted by Crippen LogP contribution is 2.52. The first-order valence-corrected chi connectivity index (χ1v) is 6.63. The van der Waals surface area contributed by atoms with Crippen LogP contribution in [0.3, 0.4) is 0 Å². The third-order valence-corrected chi connectivity index (χ3v) is 4.13. The molecule has 0 radical (unpaired) electrons. The Bertz CT molecular complexity index is 791. The second-order valence-corrected chi connectivity index (χ2v) is 5.63. The van der Waals surface area contributed by atoms with E-state index in [1.165, 1.54) is 0 Å². The molecule has 5 heteroatoms. The number of hydrogen-bond acceptors (Lipinski definition) is 1. The summed E-state index contributed by atoms with van der Waals surface area (Å²) in [4.78, 5) is 11.7. The molecular formula is C16H15F2NO2. The molecule has 0 bridgehead atoms. The van der Waals surface area contributed by atoms with E-state index in [9.17, 15) is 18.7 Å². The van der Waals surface area contributed by atoms with Crippen molar-refractivity contribution in [3.63, 3.8) is 0 Å². The molecule has 0 fully saturated rings. The topological polar surface area (TPSA) is 42.2 Å². The molecule has 110 valence electrons. The number of halogens is 2. The predicted octanol–water partition coefficient (Wildman–Crippen LogP) is 3.78. The van der Waals surface area contributed by atoms with Crippen molar-refractivity contribution >= 4 is 11.5 Å². The van der Waals surface area contributed by atoms with E-state index in [0.29, 0.717) is 22.4 Å². The van der Waals surface area contributed by atoms with E-state index in [0.717, 1.165) is 4.57 Å². The largest absolute Gasteiger partial charge is 0.478 e. The molecule has 1 N–H and O–H groups in total. The van der Waals surface area contributed by atoms with E-state index in [1.54, 1.807) is 39.8 Å². The summed E-state index contributed by atoms with van der Waals surface area (Å²) in [6.07, 6.45) is 1.62. The van der Waals surface area contributed by atoms with Crippen LogP contribution in [0.25, 0.3) is 5.57 Å². The molecule has 0 spiro atoms. The van der Waals surface area contributed by atoms with Crippen LogP contribution in [0.4, 0.5) is 8.78 Å². The van der Waals surface area contributed by atoms with Gasteiger partial charge in [0.25, 0.3) is 0 Å². The minimum Gasteiger partial charge on any atom is -0.478 e. The second-order valence-electron chi connectivity index (χ2n) is 5.63. The van der Waals surface area contributed by atoms with Gasteiger partial charge in [0.1, 0.15) is 0 Å². The quantitative estimate of drug-likeness (QED) is 0.855. The zero-order valence-corrected chi connectivity index (χ0v) is 12.2. The molecule has 0 amide bonds. The third-order valence-electron chi connectivity index (χ3n) is 4.13. The van der Waals surface area contributed by atoms with E-state index in [4.69, 9.17) is 0 Å². The van der Waals surface area contributed by atoms with E-state index in [-0.39, 0.29) is 22.4 Å². The number of aliphatic carboxylic acids is 1. The second kappa shape index (κ2) is 3.93. The highest BCUT2D eigenvalue weighted by Gasteiger charge is 2.50. The fourth-order valence-corrected chi connectivity index (χ4v) is 3.48. The van der Waals surface area contributed by atoms with Gasteiger partial charge >= 0.3 is 12.0 Å². The Morgan fingerprint density at radius 3 is 2.43 bits per heavy atom. The maximum atomic E-state index is 14.9. The summed E-state index contributed by atoms with van der Waals surface area (Å²) >= 11 is 0. The summed E-state index contributed by atoms with van der Waals surface area (Å²) < 4.78 is 30.7. The van der Waals surface area contributed by atoms with Crippen LogP contribution in [0.1, 0.15) is 30.8 Å². The molecule has 1 aliphatic heterocycles. The van der Waals surface area contributed by atoms with Crippen molar-refractivity contribution in [1.29, 1.82) is 0 Å². The van der Waals surface area contributed by atoms with Gasteiger partial charge in [-0.05, 0) is 50.5 Å². The van der Waals surface area contributed by atoms with Crippen LogP contribution in [-0.4, -0.2) is 15.6 Å². The van der Waals surface area contributed by atoms with E-state index >= 15 is 0 Å². The van der Waals surface area contributed by atoms with E-state index in [2.05, 4.69) is 0 Å². The average Bonchev–Trinajstić information content (AvgIpc) is 2.78. The minimum atomic E-state index is -3.24. The Balaban J connectivity index is 2.53. The van der Waals surface area contributed by atoms with Crippen molar-refractivity contribution in [2.24, 2.45) is 0 Å². The molecule has 2 heterocycles. The molecule has 1 aliphatic carbocycles. The van der Waals surface area contributed by atoms with Crippen LogP contribution in [0.15, 0.2) is 34.4 Å². The van der Waals surface area contributed by atoms with Gasteiger partial charge in [0.2, 0.25) is 0 Å². The predicted molar refractivity (Wildman–Crippen MR) is 75.1 cm³/mol. The molecule has 0 unspecified atom stereocenters. The number of fused-ring (bicyclic) bond motifs is 2. The molecular weight excluding hydrogens is 276 g/mol. The van der Waals surface area contributed by atoms with Crippen molar-refractivity contribution < 1.29 is 18.7 Å². The van der Waals surface area contributed by atoms with Gasteiger partial charge in [0.15, 0.2) is 0 Å². The van der Waals surface area contributed by atoms with E-state index in [1.807, 2.05) is 0 Å². The summed E-state index contributed by atoms with van der Waals surface area (Å²) in [7, 11) is 0. The molecule has 3 rings (SSSR count). The summed E-state index contributed by atoms with van der Waals surface area (Å²) in [6.45, 7) is 6.50. The van der Waals surface area contributed by atoms with Crippen molar-refractivity contribution in [2.75, 3.05) is 0 Å². The van der Waals surface area contributed by atoms with Gasteiger partial charge in [0, 0.05) is 11.3 Å². The van der Waals surface area contributed by atoms with E-state index < -0.39 is 12.0 Å². The lowest BCUT2D eigenvalue weighted by atomic mass is 9.89. The molecule has 3 nitrogen and oxygen atoms in total. The number of alkyl halides is 2. The molecule has 2 aliphatic rings. The molecule has 0 saturated carbocycles. The molecule has 0 saturated heterocycles. The summed E-state index contributed by atoms with van der Waals surface area (Å²) in [5, 5.41) is 9.57. The Morgan fingerprint density at radius 1 is 1.24 bits per heavy atom. The first-order chi connectivity index (χ1) is 9.67. The lowest BCUT2D eigenvalue weighted by Gasteiger charge is -2.32. The Labute approximate surface area is 120 Å². The smallest absolute Gasteiger partial charge is 0.357 e. The SMILES string of the molecule is CC1=CC(C)=C2C1=C(C(=O)O)c1c(C)cc(C)n1C2(F)F. The van der Waals surface area contributed by atoms with Crippen molar-refractivity contribution in [3.8, 4) is 0 Å².